The number of rotatable bonds is 3. The van der Waals surface area contributed by atoms with E-state index in [9.17, 15) is 0 Å². The highest BCUT2D eigenvalue weighted by Gasteiger charge is 2.10. The van der Waals surface area contributed by atoms with Crippen LogP contribution < -0.4 is 0 Å². The van der Waals surface area contributed by atoms with Crippen molar-refractivity contribution in [1.29, 1.82) is 0 Å². The van der Waals surface area contributed by atoms with Gasteiger partial charge in [0.1, 0.15) is 5.69 Å². The van der Waals surface area contributed by atoms with Crippen molar-refractivity contribution in [2.75, 3.05) is 0 Å². The summed E-state index contributed by atoms with van der Waals surface area (Å²) in [6.45, 7) is 0. The van der Waals surface area contributed by atoms with E-state index < -0.39 is 0 Å². The lowest BCUT2D eigenvalue weighted by atomic mass is 10.2. The molecular formula is C17H12N6. The molecule has 0 aliphatic carbocycles. The molecule has 3 aromatic heterocycles. The molecule has 110 valence electrons. The van der Waals surface area contributed by atoms with Gasteiger partial charge in [-0.3, -0.25) is 15.1 Å². The zero-order chi connectivity index (χ0) is 15.5. The second-order valence-corrected chi connectivity index (χ2v) is 4.90. The van der Waals surface area contributed by atoms with Crippen LogP contribution in [0.15, 0.2) is 67.3 Å². The number of hydrogen-bond donors (Lipinski definition) is 1. The first-order valence-corrected chi connectivity index (χ1v) is 7.11. The molecule has 0 atom stereocenters. The van der Waals surface area contributed by atoms with E-state index in [1.54, 1.807) is 24.8 Å². The zero-order valence-electron chi connectivity index (χ0n) is 12.1. The van der Waals surface area contributed by atoms with E-state index in [1.807, 2.05) is 42.5 Å². The van der Waals surface area contributed by atoms with E-state index in [-0.39, 0.29) is 0 Å². The molecule has 0 amide bonds. The summed E-state index contributed by atoms with van der Waals surface area (Å²) in [5.41, 5.74) is 3.24. The molecule has 1 aromatic carbocycles. The predicted molar refractivity (Wildman–Crippen MR) is 86.1 cm³/mol. The zero-order valence-corrected chi connectivity index (χ0v) is 12.1. The van der Waals surface area contributed by atoms with Crippen LogP contribution in [0.25, 0.3) is 34.2 Å². The van der Waals surface area contributed by atoms with Crippen molar-refractivity contribution in [2.45, 2.75) is 0 Å². The van der Waals surface area contributed by atoms with Crippen molar-refractivity contribution >= 4 is 0 Å². The third-order valence-electron chi connectivity index (χ3n) is 3.35. The molecular weight excluding hydrogens is 288 g/mol. The van der Waals surface area contributed by atoms with E-state index in [4.69, 9.17) is 0 Å². The average molecular weight is 300 g/mol. The first kappa shape index (κ1) is 13.3. The van der Waals surface area contributed by atoms with Crippen LogP contribution in [0, 0.1) is 0 Å². The Bertz CT molecular complexity index is 918. The fraction of sp³-hybridized carbons (Fsp3) is 0. The number of benzene rings is 1. The Morgan fingerprint density at radius 3 is 2.35 bits per heavy atom. The summed E-state index contributed by atoms with van der Waals surface area (Å²) in [4.78, 5) is 17.4. The number of aromatic nitrogens is 6. The highest BCUT2D eigenvalue weighted by Crippen LogP contribution is 2.20. The second kappa shape index (κ2) is 5.76. The molecule has 4 aromatic rings. The fourth-order valence-electron chi connectivity index (χ4n) is 2.23. The summed E-state index contributed by atoms with van der Waals surface area (Å²) in [5.74, 6) is 1.22. The molecule has 0 bridgehead atoms. The van der Waals surface area contributed by atoms with Gasteiger partial charge in [-0.05, 0) is 12.1 Å². The lowest BCUT2D eigenvalue weighted by Crippen LogP contribution is -1.92. The van der Waals surface area contributed by atoms with Gasteiger partial charge in [-0.1, -0.05) is 30.3 Å². The molecule has 0 saturated heterocycles. The van der Waals surface area contributed by atoms with Gasteiger partial charge in [0.15, 0.2) is 11.6 Å². The van der Waals surface area contributed by atoms with Crippen LogP contribution in [0.3, 0.4) is 0 Å². The lowest BCUT2D eigenvalue weighted by molar-refractivity contribution is 1.08. The molecule has 23 heavy (non-hydrogen) atoms. The Morgan fingerprint density at radius 1 is 0.696 bits per heavy atom. The maximum absolute atomic E-state index is 4.58. The minimum absolute atomic E-state index is 0.585. The van der Waals surface area contributed by atoms with Crippen LogP contribution in [0.4, 0.5) is 0 Å². The van der Waals surface area contributed by atoms with Gasteiger partial charge < -0.3 is 0 Å². The molecule has 4 rings (SSSR count). The Balaban J connectivity index is 1.71. The summed E-state index contributed by atoms with van der Waals surface area (Å²) in [5, 5.41) is 7.17. The van der Waals surface area contributed by atoms with Gasteiger partial charge in [0.2, 0.25) is 0 Å². The Hall–Kier alpha value is -3.41. The molecule has 0 radical (unpaired) electrons. The molecule has 0 fully saturated rings. The van der Waals surface area contributed by atoms with Gasteiger partial charge in [0.25, 0.3) is 0 Å². The van der Waals surface area contributed by atoms with Gasteiger partial charge in [0, 0.05) is 23.5 Å². The van der Waals surface area contributed by atoms with Gasteiger partial charge in [0.05, 0.1) is 18.1 Å². The molecule has 6 heteroatoms. The SMILES string of the molecule is c1ccc(-c2n[nH]c(-c3cncc(-c4cccnc4)n3)n2)cc1. The van der Waals surface area contributed by atoms with Crippen molar-refractivity contribution in [3.63, 3.8) is 0 Å². The van der Waals surface area contributed by atoms with Crippen LogP contribution in [-0.4, -0.2) is 30.1 Å². The average Bonchev–Trinajstić information content (AvgIpc) is 3.14. The molecule has 0 aliphatic heterocycles. The summed E-state index contributed by atoms with van der Waals surface area (Å²) >= 11 is 0. The highest BCUT2D eigenvalue weighted by atomic mass is 15.2. The van der Waals surface area contributed by atoms with Crippen LogP contribution in [-0.2, 0) is 0 Å². The van der Waals surface area contributed by atoms with Crippen molar-refractivity contribution in [3.8, 4) is 34.2 Å². The minimum atomic E-state index is 0.585. The molecule has 0 saturated carbocycles. The van der Waals surface area contributed by atoms with E-state index in [1.165, 1.54) is 0 Å². The lowest BCUT2D eigenvalue weighted by Gasteiger charge is -2.01. The first-order chi connectivity index (χ1) is 11.4. The van der Waals surface area contributed by atoms with Crippen LogP contribution >= 0.6 is 0 Å². The maximum atomic E-state index is 4.58. The highest BCUT2D eigenvalue weighted by molar-refractivity contribution is 5.62. The van der Waals surface area contributed by atoms with Crippen LogP contribution in [0.2, 0.25) is 0 Å². The summed E-state index contributed by atoms with van der Waals surface area (Å²) in [6.07, 6.45) is 6.84. The van der Waals surface area contributed by atoms with Gasteiger partial charge in [-0.15, -0.1) is 0 Å². The Kier molecular flexibility index (Phi) is 3.32. The van der Waals surface area contributed by atoms with Crippen molar-refractivity contribution in [1.82, 2.24) is 30.1 Å². The molecule has 0 spiro atoms. The van der Waals surface area contributed by atoms with Gasteiger partial charge in [-0.25, -0.2) is 9.97 Å². The minimum Gasteiger partial charge on any atom is -0.264 e. The maximum Gasteiger partial charge on any atom is 0.181 e. The molecule has 0 aliphatic rings. The number of nitrogens with zero attached hydrogens (tertiary/aromatic N) is 5. The third kappa shape index (κ3) is 2.69. The third-order valence-corrected chi connectivity index (χ3v) is 3.35. The second-order valence-electron chi connectivity index (χ2n) is 4.90. The molecule has 0 unspecified atom stereocenters. The standard InChI is InChI=1S/C17H12N6/c1-2-5-12(6-3-1)16-21-17(23-22-16)15-11-19-10-14(20-15)13-7-4-8-18-9-13/h1-11H,(H,21,22,23). The summed E-state index contributed by atoms with van der Waals surface area (Å²) in [7, 11) is 0. The quantitative estimate of drug-likeness (QED) is 0.629. The van der Waals surface area contributed by atoms with E-state index >= 15 is 0 Å². The molecule has 6 nitrogen and oxygen atoms in total. The number of hydrogen-bond acceptors (Lipinski definition) is 5. The number of pyridine rings is 1. The van der Waals surface area contributed by atoms with Crippen molar-refractivity contribution < 1.29 is 0 Å². The van der Waals surface area contributed by atoms with E-state index in [0.717, 1.165) is 16.8 Å². The van der Waals surface area contributed by atoms with E-state index in [0.29, 0.717) is 17.3 Å². The van der Waals surface area contributed by atoms with Crippen molar-refractivity contribution in [2.24, 2.45) is 0 Å². The number of aromatic amines is 1. The summed E-state index contributed by atoms with van der Waals surface area (Å²) in [6, 6.07) is 13.6. The van der Waals surface area contributed by atoms with Crippen LogP contribution in [0.1, 0.15) is 0 Å². The van der Waals surface area contributed by atoms with Crippen LogP contribution in [0.5, 0.6) is 0 Å². The number of H-pyrrole nitrogens is 1. The van der Waals surface area contributed by atoms with Gasteiger partial charge in [-0.2, -0.15) is 5.10 Å². The van der Waals surface area contributed by atoms with E-state index in [2.05, 4.69) is 30.1 Å². The Morgan fingerprint density at radius 2 is 1.52 bits per heavy atom. The first-order valence-electron chi connectivity index (χ1n) is 7.11. The smallest absolute Gasteiger partial charge is 0.181 e. The van der Waals surface area contributed by atoms with Crippen molar-refractivity contribution in [3.05, 3.63) is 67.3 Å². The normalized spacial score (nSPS) is 10.6. The monoisotopic (exact) mass is 300 g/mol. The largest absolute Gasteiger partial charge is 0.264 e. The van der Waals surface area contributed by atoms with Gasteiger partial charge >= 0.3 is 0 Å². The predicted octanol–water partition coefficient (Wildman–Crippen LogP) is 2.99. The summed E-state index contributed by atoms with van der Waals surface area (Å²) < 4.78 is 0. The molecule has 1 N–H and O–H groups in total. The Labute approximate surface area is 132 Å². The number of nitrogens with one attached hydrogen (secondary N) is 1. The molecule has 3 heterocycles. The topological polar surface area (TPSA) is 80.2 Å². The fourth-order valence-corrected chi connectivity index (χ4v) is 2.23.